The number of imide groups is 1. The molecule has 1 fully saturated rings. The predicted octanol–water partition coefficient (Wildman–Crippen LogP) is -0.00860. The highest BCUT2D eigenvalue weighted by Gasteiger charge is 2.51. The van der Waals surface area contributed by atoms with Gasteiger partial charge in [-0.05, 0) is 48.6 Å². The molecular formula is C43H52N10O9. The number of benzene rings is 1. The molecule has 0 unspecified atom stereocenters. The predicted molar refractivity (Wildman–Crippen MR) is 226 cm³/mol. The van der Waals surface area contributed by atoms with E-state index in [2.05, 4.69) is 20.6 Å². The smallest absolute Gasteiger partial charge is 0.254 e. The van der Waals surface area contributed by atoms with E-state index in [-0.39, 0.29) is 75.7 Å². The Balaban J connectivity index is 0.985. The number of aliphatic imine (C=N–C) groups is 1. The Morgan fingerprint density at radius 3 is 2.39 bits per heavy atom. The largest absolute Gasteiger partial charge is 0.395 e. The number of carbonyl (C=O) groups is 8. The van der Waals surface area contributed by atoms with Gasteiger partial charge in [0.25, 0.3) is 11.8 Å². The summed E-state index contributed by atoms with van der Waals surface area (Å²) in [6, 6.07) is 7.39. The van der Waals surface area contributed by atoms with E-state index in [9.17, 15) is 43.5 Å². The lowest BCUT2D eigenvalue weighted by molar-refractivity contribution is -0.145. The number of hydrogen-bond acceptors (Lipinski definition) is 12. The highest BCUT2D eigenvalue weighted by Crippen LogP contribution is 2.50. The van der Waals surface area contributed by atoms with E-state index < -0.39 is 41.5 Å². The second-order valence-electron chi connectivity index (χ2n) is 15.9. The number of pyridine rings is 1. The Hall–Kier alpha value is -6.76. The van der Waals surface area contributed by atoms with Gasteiger partial charge >= 0.3 is 0 Å². The number of aromatic nitrogens is 1. The van der Waals surface area contributed by atoms with Gasteiger partial charge in [-0.1, -0.05) is 19.1 Å². The number of anilines is 1. The Morgan fingerprint density at radius 1 is 0.968 bits per heavy atom. The second-order valence-corrected chi connectivity index (χ2v) is 15.9. The molecule has 6 rings (SSSR count). The van der Waals surface area contributed by atoms with Crippen LogP contribution in [-0.4, -0.2) is 154 Å². The first-order chi connectivity index (χ1) is 29.6. The topological polar surface area (TPSA) is 248 Å². The number of fused-ring (bicyclic) bond motifs is 2. The zero-order valence-corrected chi connectivity index (χ0v) is 35.1. The van der Waals surface area contributed by atoms with Gasteiger partial charge in [-0.25, -0.2) is 4.99 Å². The number of likely N-dealkylation sites (N-methyl/N-ethyl adjacent to an activating group) is 2. The van der Waals surface area contributed by atoms with Crippen LogP contribution in [0.2, 0.25) is 0 Å². The number of nitrogens with one attached hydrogen (secondary N) is 2. The summed E-state index contributed by atoms with van der Waals surface area (Å²) in [6.07, 6.45) is 8.17. The van der Waals surface area contributed by atoms with Crippen LogP contribution in [0.5, 0.6) is 0 Å². The van der Waals surface area contributed by atoms with Gasteiger partial charge in [-0.3, -0.25) is 48.2 Å². The van der Waals surface area contributed by atoms with Crippen molar-refractivity contribution in [3.8, 4) is 0 Å². The molecule has 3 aliphatic heterocycles. The van der Waals surface area contributed by atoms with Crippen molar-refractivity contribution in [3.63, 3.8) is 0 Å². The number of amidine groups is 1. The molecule has 0 spiro atoms. The molecule has 19 heteroatoms. The molecule has 0 saturated heterocycles. The molecular weight excluding hydrogens is 801 g/mol. The molecule has 0 bridgehead atoms. The molecule has 4 heterocycles. The molecule has 328 valence electrons. The van der Waals surface area contributed by atoms with E-state index in [4.69, 9.17) is 5.73 Å². The fourth-order valence-corrected chi connectivity index (χ4v) is 7.55. The summed E-state index contributed by atoms with van der Waals surface area (Å²) in [5.74, 6) is -3.22. The molecule has 1 aromatic carbocycles. The van der Waals surface area contributed by atoms with Gasteiger partial charge in [0, 0.05) is 95.1 Å². The third kappa shape index (κ3) is 10.4. The normalized spacial score (nSPS) is 16.0. The number of aliphatic hydroxyl groups is 1. The van der Waals surface area contributed by atoms with Crippen LogP contribution in [0.1, 0.15) is 61.4 Å². The van der Waals surface area contributed by atoms with Crippen molar-refractivity contribution < 1.29 is 43.5 Å². The average Bonchev–Trinajstić information content (AvgIpc) is 4.03. The number of aliphatic hydroxyl groups excluding tert-OH is 1. The van der Waals surface area contributed by atoms with Crippen LogP contribution in [0.15, 0.2) is 53.2 Å². The fourth-order valence-electron chi connectivity index (χ4n) is 7.55. The molecule has 4 aliphatic rings. The lowest BCUT2D eigenvalue weighted by Gasteiger charge is -2.29. The van der Waals surface area contributed by atoms with Crippen molar-refractivity contribution in [1.29, 1.82) is 0 Å². The van der Waals surface area contributed by atoms with E-state index in [0.717, 1.165) is 50.1 Å². The molecule has 1 saturated carbocycles. The molecule has 1 aromatic heterocycles. The summed E-state index contributed by atoms with van der Waals surface area (Å²) in [6.45, 7) is 2.07. The van der Waals surface area contributed by atoms with Crippen LogP contribution >= 0.6 is 0 Å². The van der Waals surface area contributed by atoms with Crippen LogP contribution in [0.3, 0.4) is 0 Å². The van der Waals surface area contributed by atoms with Gasteiger partial charge in [0.2, 0.25) is 35.4 Å². The van der Waals surface area contributed by atoms with Gasteiger partial charge in [-0.15, -0.1) is 0 Å². The van der Waals surface area contributed by atoms with E-state index in [1.807, 2.05) is 31.2 Å². The van der Waals surface area contributed by atoms with Gasteiger partial charge in [0.05, 0.1) is 42.7 Å². The summed E-state index contributed by atoms with van der Waals surface area (Å²) in [5, 5.41) is 15.2. The van der Waals surface area contributed by atoms with Gasteiger partial charge < -0.3 is 41.1 Å². The van der Waals surface area contributed by atoms with Crippen molar-refractivity contribution in [1.82, 2.24) is 34.8 Å². The molecule has 0 atom stereocenters. The molecule has 2 aromatic rings. The zero-order valence-electron chi connectivity index (χ0n) is 35.1. The van der Waals surface area contributed by atoms with E-state index in [1.54, 1.807) is 22.1 Å². The van der Waals surface area contributed by atoms with Gasteiger partial charge in [0.1, 0.15) is 12.4 Å². The van der Waals surface area contributed by atoms with Crippen molar-refractivity contribution in [3.05, 3.63) is 70.6 Å². The first-order valence-corrected chi connectivity index (χ1v) is 20.6. The number of nitrogens with zero attached hydrogens (tertiary/aromatic N) is 7. The molecule has 19 nitrogen and oxygen atoms in total. The van der Waals surface area contributed by atoms with Crippen LogP contribution < -0.4 is 16.4 Å². The van der Waals surface area contributed by atoms with Gasteiger partial charge in [0.15, 0.2) is 0 Å². The molecule has 8 amide bonds. The lowest BCUT2D eigenvalue weighted by atomic mass is 9.92. The van der Waals surface area contributed by atoms with E-state index in [1.165, 1.54) is 14.1 Å². The Labute approximate surface area is 358 Å². The molecule has 62 heavy (non-hydrogen) atoms. The van der Waals surface area contributed by atoms with Gasteiger partial charge in [-0.2, -0.15) is 0 Å². The lowest BCUT2D eigenvalue weighted by Crippen LogP contribution is -2.47. The second kappa shape index (κ2) is 19.3. The number of hydrogen-bond donors (Lipinski definition) is 4. The third-order valence-corrected chi connectivity index (χ3v) is 11.3. The summed E-state index contributed by atoms with van der Waals surface area (Å²) in [4.78, 5) is 117. The SMILES string of the molecule is CCCN(CCO)C(=O)C1=Cc2ccc(C3(C(=O)Nc4cnc5c(c4)CN(C(=O)CCNC(=O)CN(C)C(=O)CN(C)C(=O)CN4C(=O)C=CC4=O)CC5)CC3)cc2N=C(N)C1. The van der Waals surface area contributed by atoms with E-state index in [0.29, 0.717) is 54.9 Å². The van der Waals surface area contributed by atoms with Crippen LogP contribution in [-0.2, 0) is 56.7 Å². The zero-order chi connectivity index (χ0) is 44.7. The van der Waals surface area contributed by atoms with Crippen molar-refractivity contribution in [2.75, 3.05) is 71.8 Å². The summed E-state index contributed by atoms with van der Waals surface area (Å²) < 4.78 is 0. The first-order valence-electron chi connectivity index (χ1n) is 20.6. The standard InChI is InChI=1S/C43H52N10O9/c1-4-14-51(16-17-54)41(61)28-18-27-5-6-30(21-33(27)48-34(44)20-28)43(11-12-43)42(62)47-31-19-29-23-52(15-10-32(29)46-22-31)36(56)9-13-45-35(55)24-49(2)39(59)25-50(3)40(60)26-53-37(57)7-8-38(53)58/h5-8,18-19,21-22,54H,4,9-17,20,23-26H2,1-3H3,(H2,44,48)(H,45,55)(H,47,62). The Kier molecular flexibility index (Phi) is 13.9. The number of nitrogens with two attached hydrogens (primary N) is 1. The maximum atomic E-state index is 13.9. The average molecular weight is 853 g/mol. The number of amides is 8. The third-order valence-electron chi connectivity index (χ3n) is 11.3. The first kappa shape index (κ1) is 44.8. The van der Waals surface area contributed by atoms with Crippen LogP contribution in [0.25, 0.3) is 6.08 Å². The molecule has 1 aliphatic carbocycles. The maximum absolute atomic E-state index is 13.9. The summed E-state index contributed by atoms with van der Waals surface area (Å²) >= 11 is 0. The maximum Gasteiger partial charge on any atom is 0.254 e. The summed E-state index contributed by atoms with van der Waals surface area (Å²) in [7, 11) is 2.75. The van der Waals surface area contributed by atoms with Crippen molar-refractivity contribution in [2.45, 2.75) is 57.4 Å². The minimum Gasteiger partial charge on any atom is -0.395 e. The minimum atomic E-state index is -0.788. The van der Waals surface area contributed by atoms with Crippen molar-refractivity contribution >= 4 is 70.5 Å². The Morgan fingerprint density at radius 2 is 1.69 bits per heavy atom. The van der Waals surface area contributed by atoms with Crippen LogP contribution in [0, 0.1) is 0 Å². The Bertz CT molecular complexity index is 2240. The van der Waals surface area contributed by atoms with Crippen LogP contribution in [0.4, 0.5) is 11.4 Å². The highest BCUT2D eigenvalue weighted by atomic mass is 16.3. The monoisotopic (exact) mass is 852 g/mol. The highest BCUT2D eigenvalue weighted by molar-refractivity contribution is 6.14. The quantitative estimate of drug-likeness (QED) is 0.154. The van der Waals surface area contributed by atoms with E-state index >= 15 is 0 Å². The number of rotatable bonds is 17. The minimum absolute atomic E-state index is 0.00997. The van der Waals surface area contributed by atoms with Crippen molar-refractivity contribution in [2.24, 2.45) is 10.7 Å². The molecule has 0 radical (unpaired) electrons. The molecule has 5 N–H and O–H groups in total. The fraction of sp³-hybridized carbons (Fsp3) is 0.442. The number of carbonyl (C=O) groups excluding carboxylic acids is 8. The summed E-state index contributed by atoms with van der Waals surface area (Å²) in [5.41, 5.74) is 10.1.